The third-order valence-electron chi connectivity index (χ3n) is 0.593. The van der Waals surface area contributed by atoms with Gasteiger partial charge in [-0.3, -0.25) is 0 Å². The van der Waals surface area contributed by atoms with Gasteiger partial charge in [-0.25, -0.2) is 4.98 Å². The van der Waals surface area contributed by atoms with E-state index in [2.05, 4.69) is 4.98 Å². The van der Waals surface area contributed by atoms with Crippen molar-refractivity contribution in [2.75, 3.05) is 0 Å². The van der Waals surface area contributed by atoms with E-state index in [1.807, 2.05) is 6.92 Å². The summed E-state index contributed by atoms with van der Waals surface area (Å²) in [7, 11) is 0. The van der Waals surface area contributed by atoms with Gasteiger partial charge < -0.3 is 0 Å². The Morgan fingerprint density at radius 3 is 2.00 bits per heavy atom. The average molecular weight is 253 g/mol. The van der Waals surface area contributed by atoms with Crippen LogP contribution in [-0.4, -0.2) is 9.28 Å². The summed E-state index contributed by atoms with van der Waals surface area (Å²) in [6.07, 6.45) is 1.76. The molecule has 0 bridgehead atoms. The summed E-state index contributed by atoms with van der Waals surface area (Å²) in [5.41, 5.74) is 0. The molecule has 0 amide bonds. The molecule has 0 aliphatic rings. The average Bonchev–Trinajstić information content (AvgIpc) is 2.13. The zero-order valence-electron chi connectivity index (χ0n) is 5.52. The van der Waals surface area contributed by atoms with Crippen molar-refractivity contribution in [1.82, 2.24) is 4.98 Å². The molecule has 0 aromatic carbocycles. The van der Waals surface area contributed by atoms with Gasteiger partial charge in [-0.1, -0.05) is 46.4 Å². The number of hydrogen-bond acceptors (Lipinski definition) is 2. The third kappa shape index (κ3) is 8.70. The van der Waals surface area contributed by atoms with E-state index < -0.39 is 4.30 Å². The molecule has 0 saturated carbocycles. The summed E-state index contributed by atoms with van der Waals surface area (Å²) in [6, 6.07) is 0. The highest BCUT2D eigenvalue weighted by Crippen LogP contribution is 2.15. The second kappa shape index (κ2) is 6.32. The second-order valence-electron chi connectivity index (χ2n) is 1.47. The maximum atomic E-state index is 5.47. The predicted octanol–water partition coefficient (Wildman–Crippen LogP) is 4.09. The summed E-state index contributed by atoms with van der Waals surface area (Å²) in [5.74, 6) is 0. The van der Waals surface area contributed by atoms with Crippen molar-refractivity contribution in [2.45, 2.75) is 11.2 Å². The lowest BCUT2D eigenvalue weighted by atomic mass is 10.7. The highest BCUT2D eigenvalue weighted by atomic mass is 35.6. The van der Waals surface area contributed by atoms with Gasteiger partial charge in [0.15, 0.2) is 8.76 Å². The summed E-state index contributed by atoms with van der Waals surface area (Å²) in [5, 5.41) is 0. The zero-order chi connectivity index (χ0) is 8.85. The van der Waals surface area contributed by atoms with Crippen LogP contribution in [0.15, 0.2) is 6.20 Å². The Balaban J connectivity index is 0.000000218. The first-order valence-electron chi connectivity index (χ1n) is 2.52. The Labute approximate surface area is 89.2 Å². The van der Waals surface area contributed by atoms with Crippen LogP contribution in [0.25, 0.3) is 0 Å². The van der Waals surface area contributed by atoms with Gasteiger partial charge in [0.1, 0.15) is 0 Å². The molecule has 0 unspecified atom stereocenters. The van der Waals surface area contributed by atoms with Gasteiger partial charge >= 0.3 is 0 Å². The minimum absolute atomic E-state index is 0.623. The Kier molecular flexibility index (Phi) is 6.78. The number of nitrogens with zero attached hydrogens (tertiary/aromatic N) is 1. The van der Waals surface area contributed by atoms with Gasteiger partial charge in [-0.15, -0.1) is 11.3 Å². The van der Waals surface area contributed by atoms with E-state index in [1.165, 1.54) is 11.3 Å². The highest BCUT2D eigenvalue weighted by molar-refractivity contribution is 7.15. The van der Waals surface area contributed by atoms with E-state index in [9.17, 15) is 0 Å². The monoisotopic (exact) mass is 251 g/mol. The Morgan fingerprint density at radius 2 is 1.91 bits per heavy atom. The van der Waals surface area contributed by atoms with Crippen molar-refractivity contribution < 1.29 is 0 Å². The van der Waals surface area contributed by atoms with E-state index in [-0.39, 0.29) is 0 Å². The molecule has 1 nitrogen and oxygen atoms in total. The first kappa shape index (κ1) is 11.8. The van der Waals surface area contributed by atoms with Crippen LogP contribution in [0.3, 0.4) is 0 Å². The molecule has 0 aliphatic carbocycles. The van der Waals surface area contributed by atoms with Crippen LogP contribution in [-0.2, 0) is 0 Å². The number of aryl methyl sites for hydroxylation is 1. The number of rotatable bonds is 0. The van der Waals surface area contributed by atoms with Gasteiger partial charge in [0.05, 0.1) is 0 Å². The lowest BCUT2D eigenvalue weighted by Crippen LogP contribution is -1.55. The fourth-order valence-corrected chi connectivity index (χ4v) is 1.22. The summed E-state index contributed by atoms with van der Waals surface area (Å²) in [6.45, 7) is 1.98. The number of hydrogen-bond donors (Lipinski definition) is 0. The van der Waals surface area contributed by atoms with E-state index >= 15 is 0 Å². The van der Waals surface area contributed by atoms with E-state index in [0.717, 1.165) is 4.88 Å². The Bertz CT molecular complexity index is 181. The SMILES string of the molecule is Cc1cnc(Cl)s1.ClC(Cl)Cl. The molecule has 0 N–H and O–H groups in total. The lowest BCUT2D eigenvalue weighted by Gasteiger charge is -1.69. The fourth-order valence-electron chi connectivity index (χ4n) is 0.327. The first-order chi connectivity index (χ1) is 5.02. The molecule has 0 spiro atoms. The minimum atomic E-state index is -0.750. The zero-order valence-corrected chi connectivity index (χ0v) is 9.36. The Morgan fingerprint density at radius 1 is 1.45 bits per heavy atom. The van der Waals surface area contributed by atoms with Crippen molar-refractivity contribution >= 4 is 57.7 Å². The standard InChI is InChI=1S/C4H4ClNS.CHCl3/c1-3-2-6-4(5)7-3;2-1(3)4/h2H,1H3;1H. The van der Waals surface area contributed by atoms with Gasteiger partial charge in [0.2, 0.25) is 0 Å². The van der Waals surface area contributed by atoms with Gasteiger partial charge in [-0.05, 0) is 6.92 Å². The number of thiazole rings is 1. The maximum Gasteiger partial charge on any atom is 0.183 e. The molecule has 0 fully saturated rings. The topological polar surface area (TPSA) is 12.9 Å². The molecule has 1 rings (SSSR count). The van der Waals surface area contributed by atoms with E-state index in [4.69, 9.17) is 46.4 Å². The van der Waals surface area contributed by atoms with Crippen molar-refractivity contribution in [2.24, 2.45) is 0 Å². The van der Waals surface area contributed by atoms with Crippen molar-refractivity contribution in [3.8, 4) is 0 Å². The van der Waals surface area contributed by atoms with Crippen LogP contribution in [0, 0.1) is 6.92 Å². The number of halogens is 4. The van der Waals surface area contributed by atoms with E-state index in [1.54, 1.807) is 6.20 Å². The Hall–Kier alpha value is 0.790. The van der Waals surface area contributed by atoms with Gasteiger partial charge in [-0.2, -0.15) is 0 Å². The van der Waals surface area contributed by atoms with Crippen LogP contribution < -0.4 is 0 Å². The molecular weight excluding hydrogens is 248 g/mol. The molecular formula is C5H5Cl4NS. The predicted molar refractivity (Wildman–Crippen MR) is 53.2 cm³/mol. The molecule has 64 valence electrons. The smallest absolute Gasteiger partial charge is 0.183 e. The molecule has 1 aromatic heterocycles. The van der Waals surface area contributed by atoms with Crippen LogP contribution in [0.5, 0.6) is 0 Å². The summed E-state index contributed by atoms with van der Waals surface area (Å²) in [4.78, 5) is 4.96. The normalized spacial score (nSPS) is 9.27. The third-order valence-corrected chi connectivity index (χ3v) is 1.62. The molecule has 0 saturated heterocycles. The van der Waals surface area contributed by atoms with E-state index in [0.29, 0.717) is 4.47 Å². The van der Waals surface area contributed by atoms with Crippen LogP contribution in [0.1, 0.15) is 4.88 Å². The minimum Gasteiger partial charge on any atom is -0.233 e. The van der Waals surface area contributed by atoms with Gasteiger partial charge in [0, 0.05) is 11.1 Å². The molecule has 1 heterocycles. The quantitative estimate of drug-likeness (QED) is 0.634. The molecule has 0 radical (unpaired) electrons. The first-order valence-corrected chi connectivity index (χ1v) is 5.03. The van der Waals surface area contributed by atoms with Crippen LogP contribution in [0.2, 0.25) is 4.47 Å². The van der Waals surface area contributed by atoms with Crippen molar-refractivity contribution in [3.05, 3.63) is 15.5 Å². The summed E-state index contributed by atoms with van der Waals surface area (Å²) >= 11 is 21.4. The second-order valence-corrected chi connectivity index (χ2v) is 5.27. The number of alkyl halides is 3. The van der Waals surface area contributed by atoms with Crippen molar-refractivity contribution in [1.29, 1.82) is 0 Å². The molecule has 0 aliphatic heterocycles. The van der Waals surface area contributed by atoms with Crippen molar-refractivity contribution in [3.63, 3.8) is 0 Å². The maximum absolute atomic E-state index is 5.47. The molecule has 11 heavy (non-hydrogen) atoms. The van der Waals surface area contributed by atoms with Gasteiger partial charge in [0.25, 0.3) is 0 Å². The molecule has 0 atom stereocenters. The largest absolute Gasteiger partial charge is 0.233 e. The fraction of sp³-hybridized carbons (Fsp3) is 0.400. The summed E-state index contributed by atoms with van der Waals surface area (Å²) < 4.78 is -0.127. The number of aromatic nitrogens is 1. The lowest BCUT2D eigenvalue weighted by molar-refractivity contribution is 1.39. The van der Waals surface area contributed by atoms with Crippen LogP contribution >= 0.6 is 57.7 Å². The molecule has 1 aromatic rings. The van der Waals surface area contributed by atoms with Crippen LogP contribution in [0.4, 0.5) is 0 Å². The highest BCUT2D eigenvalue weighted by Gasteiger charge is 1.88. The molecule has 6 heteroatoms.